The van der Waals surface area contributed by atoms with Crippen LogP contribution < -0.4 is 10.6 Å². The second-order valence-corrected chi connectivity index (χ2v) is 5.75. The first-order chi connectivity index (χ1) is 9.96. The van der Waals surface area contributed by atoms with E-state index in [2.05, 4.69) is 22.7 Å². The van der Waals surface area contributed by atoms with Crippen LogP contribution in [0.25, 0.3) is 0 Å². The Kier molecular flexibility index (Phi) is 4.50. The van der Waals surface area contributed by atoms with E-state index in [1.165, 1.54) is 17.3 Å². The van der Waals surface area contributed by atoms with Gasteiger partial charge in [-0.1, -0.05) is 13.3 Å². The molecule has 1 fully saturated rings. The second kappa shape index (κ2) is 6.15. The summed E-state index contributed by atoms with van der Waals surface area (Å²) in [5, 5.41) is 18.5. The van der Waals surface area contributed by atoms with Crippen molar-refractivity contribution in [3.05, 3.63) is 18.0 Å². The van der Waals surface area contributed by atoms with Crippen molar-refractivity contribution in [1.82, 2.24) is 20.4 Å². The minimum Gasteiger partial charge on any atom is -0.479 e. The highest BCUT2D eigenvalue weighted by Gasteiger charge is 2.35. The third-order valence-electron chi connectivity index (χ3n) is 4.37. The fourth-order valence-electron chi connectivity index (χ4n) is 2.66. The molecule has 3 N–H and O–H groups in total. The lowest BCUT2D eigenvalue weighted by Crippen LogP contribution is -2.47. The lowest BCUT2D eigenvalue weighted by Gasteiger charge is -2.41. The fraction of sp³-hybridized carbons (Fsp3) is 0.643. The molecular weight excluding hydrogens is 272 g/mol. The number of aryl methyl sites for hydroxylation is 1. The summed E-state index contributed by atoms with van der Waals surface area (Å²) in [4.78, 5) is 23.2. The molecule has 1 saturated carbocycles. The largest absolute Gasteiger partial charge is 0.479 e. The van der Waals surface area contributed by atoms with Crippen molar-refractivity contribution >= 4 is 12.0 Å². The summed E-state index contributed by atoms with van der Waals surface area (Å²) in [7, 11) is 1.70. The number of carboxylic acid groups (broad SMARTS) is 1. The molecule has 1 atom stereocenters. The van der Waals surface area contributed by atoms with Crippen molar-refractivity contribution in [3.8, 4) is 0 Å². The molecular formula is C14H22N4O3. The van der Waals surface area contributed by atoms with Crippen LogP contribution >= 0.6 is 0 Å². The molecule has 1 unspecified atom stereocenters. The van der Waals surface area contributed by atoms with E-state index in [1.54, 1.807) is 13.2 Å². The van der Waals surface area contributed by atoms with Gasteiger partial charge in [-0.25, -0.2) is 9.59 Å². The van der Waals surface area contributed by atoms with Gasteiger partial charge in [0.05, 0.1) is 6.20 Å². The minimum absolute atomic E-state index is 0.199. The second-order valence-electron chi connectivity index (χ2n) is 5.75. The molecule has 1 aromatic rings. The zero-order valence-corrected chi connectivity index (χ0v) is 12.4. The van der Waals surface area contributed by atoms with Crippen molar-refractivity contribution < 1.29 is 14.7 Å². The summed E-state index contributed by atoms with van der Waals surface area (Å²) >= 11 is 0. The van der Waals surface area contributed by atoms with E-state index in [9.17, 15) is 14.7 Å². The number of hydrogen-bond acceptors (Lipinski definition) is 3. The number of hydrogen-bond donors (Lipinski definition) is 3. The third-order valence-corrected chi connectivity index (χ3v) is 4.37. The predicted octanol–water partition coefficient (Wildman–Crippen LogP) is 1.43. The number of aromatic nitrogens is 2. The zero-order chi connectivity index (χ0) is 15.5. The Morgan fingerprint density at radius 2 is 2.24 bits per heavy atom. The van der Waals surface area contributed by atoms with Crippen LogP contribution in [0.1, 0.15) is 44.2 Å². The third kappa shape index (κ3) is 3.53. The molecule has 0 saturated heterocycles. The molecule has 1 heterocycles. The molecule has 0 bridgehead atoms. The first-order valence-electron chi connectivity index (χ1n) is 7.21. The molecule has 21 heavy (non-hydrogen) atoms. The lowest BCUT2D eigenvalue weighted by atomic mass is 9.67. The summed E-state index contributed by atoms with van der Waals surface area (Å²) in [6, 6.07) is -1.54. The number of carboxylic acids is 1. The summed E-state index contributed by atoms with van der Waals surface area (Å²) in [6.45, 7) is 2.71. The van der Waals surface area contributed by atoms with Gasteiger partial charge in [-0.15, -0.1) is 0 Å². The highest BCUT2D eigenvalue weighted by molar-refractivity contribution is 5.83. The van der Waals surface area contributed by atoms with Gasteiger partial charge in [0.1, 0.15) is 0 Å². The van der Waals surface area contributed by atoms with Crippen LogP contribution in [0.5, 0.6) is 0 Å². The summed E-state index contributed by atoms with van der Waals surface area (Å²) in [5.74, 6) is -1.10. The number of amides is 2. The van der Waals surface area contributed by atoms with Gasteiger partial charge in [0, 0.05) is 25.4 Å². The number of aliphatic carboxylic acids is 1. The van der Waals surface area contributed by atoms with E-state index >= 15 is 0 Å². The van der Waals surface area contributed by atoms with Crippen LogP contribution in [-0.4, -0.2) is 33.4 Å². The Morgan fingerprint density at radius 1 is 1.52 bits per heavy atom. The van der Waals surface area contributed by atoms with Crippen LogP contribution in [0.4, 0.5) is 4.79 Å². The monoisotopic (exact) mass is 294 g/mol. The van der Waals surface area contributed by atoms with E-state index < -0.39 is 18.0 Å². The Labute approximate surface area is 123 Å². The SMILES string of the molecule is CCC1(CNC(=O)NC(C(=O)O)c2cnn(C)c2)CCC1. The van der Waals surface area contributed by atoms with Crippen molar-refractivity contribution in [2.75, 3.05) is 6.54 Å². The maximum Gasteiger partial charge on any atom is 0.331 e. The summed E-state index contributed by atoms with van der Waals surface area (Å²) in [5.41, 5.74) is 0.652. The number of rotatable bonds is 6. The molecule has 2 amide bonds. The molecule has 1 aliphatic carbocycles. The van der Waals surface area contributed by atoms with Gasteiger partial charge in [0.25, 0.3) is 0 Å². The number of carbonyl (C=O) groups is 2. The first-order valence-corrected chi connectivity index (χ1v) is 7.21. The van der Waals surface area contributed by atoms with Gasteiger partial charge >= 0.3 is 12.0 Å². The topological polar surface area (TPSA) is 96.2 Å². The van der Waals surface area contributed by atoms with Crippen molar-refractivity contribution in [3.63, 3.8) is 0 Å². The number of nitrogens with one attached hydrogen (secondary N) is 2. The van der Waals surface area contributed by atoms with Gasteiger partial charge in [-0.05, 0) is 24.7 Å². The Hall–Kier alpha value is -2.05. The average Bonchev–Trinajstić information content (AvgIpc) is 2.81. The lowest BCUT2D eigenvalue weighted by molar-refractivity contribution is -0.139. The molecule has 0 aliphatic heterocycles. The van der Waals surface area contributed by atoms with E-state index in [4.69, 9.17) is 0 Å². The maximum absolute atomic E-state index is 11.9. The zero-order valence-electron chi connectivity index (χ0n) is 12.4. The van der Waals surface area contributed by atoms with Gasteiger partial charge < -0.3 is 15.7 Å². The van der Waals surface area contributed by atoms with Gasteiger partial charge in [0.15, 0.2) is 6.04 Å². The van der Waals surface area contributed by atoms with Crippen LogP contribution in [0.3, 0.4) is 0 Å². The molecule has 0 aromatic carbocycles. The van der Waals surface area contributed by atoms with E-state index in [0.29, 0.717) is 12.1 Å². The molecule has 0 radical (unpaired) electrons. The Morgan fingerprint density at radius 3 is 2.67 bits per heavy atom. The Balaban J connectivity index is 1.91. The highest BCUT2D eigenvalue weighted by atomic mass is 16.4. The number of carbonyl (C=O) groups excluding carboxylic acids is 1. The quantitative estimate of drug-likeness (QED) is 0.739. The fourth-order valence-corrected chi connectivity index (χ4v) is 2.66. The van der Waals surface area contributed by atoms with E-state index in [0.717, 1.165) is 19.3 Å². The number of urea groups is 1. The molecule has 116 valence electrons. The van der Waals surface area contributed by atoms with Gasteiger partial charge in [-0.2, -0.15) is 5.10 Å². The van der Waals surface area contributed by atoms with Crippen LogP contribution in [0, 0.1) is 5.41 Å². The molecule has 7 nitrogen and oxygen atoms in total. The Bertz CT molecular complexity index is 517. The summed E-state index contributed by atoms with van der Waals surface area (Å²) in [6.07, 6.45) is 7.49. The van der Waals surface area contributed by atoms with Crippen LogP contribution in [-0.2, 0) is 11.8 Å². The normalized spacial score (nSPS) is 17.6. The predicted molar refractivity (Wildman–Crippen MR) is 76.7 cm³/mol. The van der Waals surface area contributed by atoms with Gasteiger partial charge in [0.2, 0.25) is 0 Å². The first kappa shape index (κ1) is 15.3. The van der Waals surface area contributed by atoms with Crippen LogP contribution in [0.15, 0.2) is 12.4 Å². The molecule has 7 heteroatoms. The van der Waals surface area contributed by atoms with Crippen molar-refractivity contribution in [2.24, 2.45) is 12.5 Å². The van der Waals surface area contributed by atoms with E-state index in [1.807, 2.05) is 0 Å². The minimum atomic E-state index is -1.10. The summed E-state index contributed by atoms with van der Waals surface area (Å²) < 4.78 is 1.51. The standard InChI is InChI=1S/C14H22N4O3/c1-3-14(5-4-6-14)9-15-13(21)17-11(12(19)20)10-7-16-18(2)8-10/h7-8,11H,3-6,9H2,1-2H3,(H,19,20)(H2,15,17,21). The molecule has 1 aromatic heterocycles. The van der Waals surface area contributed by atoms with E-state index in [-0.39, 0.29) is 5.41 Å². The van der Waals surface area contributed by atoms with Crippen molar-refractivity contribution in [2.45, 2.75) is 38.6 Å². The maximum atomic E-state index is 11.9. The van der Waals surface area contributed by atoms with Crippen LogP contribution in [0.2, 0.25) is 0 Å². The smallest absolute Gasteiger partial charge is 0.331 e. The van der Waals surface area contributed by atoms with Gasteiger partial charge in [-0.3, -0.25) is 4.68 Å². The van der Waals surface area contributed by atoms with Crippen molar-refractivity contribution in [1.29, 1.82) is 0 Å². The molecule has 1 aliphatic rings. The highest BCUT2D eigenvalue weighted by Crippen LogP contribution is 2.42. The number of nitrogens with zero attached hydrogens (tertiary/aromatic N) is 2. The molecule has 2 rings (SSSR count). The molecule has 0 spiro atoms. The average molecular weight is 294 g/mol.